The maximum Gasteiger partial charge on any atom is 0.251 e. The van der Waals surface area contributed by atoms with Crippen molar-refractivity contribution in [1.29, 1.82) is 0 Å². The summed E-state index contributed by atoms with van der Waals surface area (Å²) in [5.74, 6) is 0.925. The summed E-state index contributed by atoms with van der Waals surface area (Å²) in [5.41, 5.74) is 1.92. The molecule has 2 saturated heterocycles. The lowest BCUT2D eigenvalue weighted by atomic mass is 9.88. The molecule has 1 aromatic carbocycles. The molecule has 22 heavy (non-hydrogen) atoms. The van der Waals surface area contributed by atoms with E-state index in [0.29, 0.717) is 11.3 Å². The Kier molecular flexibility index (Phi) is 3.77. The Morgan fingerprint density at radius 2 is 1.95 bits per heavy atom. The first-order chi connectivity index (χ1) is 10.7. The first-order valence-electron chi connectivity index (χ1n) is 8.34. The van der Waals surface area contributed by atoms with Gasteiger partial charge < -0.3 is 9.64 Å². The second-order valence-electron chi connectivity index (χ2n) is 7.00. The highest BCUT2D eigenvalue weighted by atomic mass is 79.9. The minimum absolute atomic E-state index is 0.157. The number of ether oxygens (including phenoxy) is 1. The van der Waals surface area contributed by atoms with Crippen LogP contribution in [0.5, 0.6) is 0 Å². The molecule has 0 bridgehead atoms. The molecule has 1 amide bonds. The van der Waals surface area contributed by atoms with Crippen molar-refractivity contribution in [3.63, 3.8) is 0 Å². The van der Waals surface area contributed by atoms with Crippen LogP contribution in [0.1, 0.15) is 43.6 Å². The first-order valence-corrected chi connectivity index (χ1v) is 9.13. The highest BCUT2D eigenvalue weighted by Crippen LogP contribution is 2.64. The monoisotopic (exact) mass is 363 g/mol. The number of carbonyl (C=O) groups is 1. The van der Waals surface area contributed by atoms with Crippen molar-refractivity contribution in [3.05, 3.63) is 34.3 Å². The smallest absolute Gasteiger partial charge is 0.251 e. The zero-order valence-corrected chi connectivity index (χ0v) is 14.3. The van der Waals surface area contributed by atoms with E-state index in [2.05, 4.69) is 40.2 Å². The van der Waals surface area contributed by atoms with Gasteiger partial charge in [0.05, 0.1) is 0 Å². The van der Waals surface area contributed by atoms with Crippen LogP contribution in [0.3, 0.4) is 0 Å². The predicted molar refractivity (Wildman–Crippen MR) is 88.7 cm³/mol. The number of rotatable bonds is 2. The molecule has 4 heteroatoms. The zero-order valence-electron chi connectivity index (χ0n) is 12.8. The summed E-state index contributed by atoms with van der Waals surface area (Å²) in [6.45, 7) is 2.57. The molecule has 1 saturated carbocycles. The SMILES string of the molecule is O=C([C@H]1CCCO1)N1CCC2(CC1)C[C@H]2c1ccc(Br)cc1. The normalized spacial score (nSPS) is 29.8. The molecule has 1 aliphatic carbocycles. The molecule has 118 valence electrons. The van der Waals surface area contributed by atoms with Gasteiger partial charge in [0.1, 0.15) is 6.10 Å². The number of likely N-dealkylation sites (tertiary alicyclic amines) is 1. The van der Waals surface area contributed by atoms with Gasteiger partial charge in [0, 0.05) is 24.2 Å². The Balaban J connectivity index is 1.36. The quantitative estimate of drug-likeness (QED) is 0.801. The molecule has 0 unspecified atom stereocenters. The molecule has 2 heterocycles. The summed E-state index contributed by atoms with van der Waals surface area (Å²) in [6, 6.07) is 8.76. The molecule has 3 nitrogen and oxygen atoms in total. The minimum Gasteiger partial charge on any atom is -0.368 e. The molecule has 3 aliphatic rings. The maximum absolute atomic E-state index is 12.4. The average molecular weight is 364 g/mol. The van der Waals surface area contributed by atoms with Crippen molar-refractivity contribution < 1.29 is 9.53 Å². The van der Waals surface area contributed by atoms with Gasteiger partial charge in [0.15, 0.2) is 0 Å². The van der Waals surface area contributed by atoms with Gasteiger partial charge in [-0.1, -0.05) is 28.1 Å². The lowest BCUT2D eigenvalue weighted by Crippen LogP contribution is -2.44. The topological polar surface area (TPSA) is 29.5 Å². The number of piperidine rings is 1. The zero-order chi connectivity index (χ0) is 15.2. The van der Waals surface area contributed by atoms with Crippen LogP contribution >= 0.6 is 15.9 Å². The van der Waals surface area contributed by atoms with E-state index in [9.17, 15) is 4.79 Å². The number of nitrogens with zero attached hydrogens (tertiary/aromatic N) is 1. The van der Waals surface area contributed by atoms with Crippen molar-refractivity contribution in [2.45, 2.75) is 44.1 Å². The summed E-state index contributed by atoms with van der Waals surface area (Å²) in [6.07, 6.45) is 5.35. The van der Waals surface area contributed by atoms with Crippen LogP contribution in [0.4, 0.5) is 0 Å². The van der Waals surface area contributed by atoms with Crippen LogP contribution < -0.4 is 0 Å². The summed E-state index contributed by atoms with van der Waals surface area (Å²) < 4.78 is 6.68. The van der Waals surface area contributed by atoms with Crippen molar-refractivity contribution >= 4 is 21.8 Å². The van der Waals surface area contributed by atoms with Gasteiger partial charge in [-0.05, 0) is 61.1 Å². The molecular formula is C18H22BrNO2. The standard InChI is InChI=1S/C18H22BrNO2/c19-14-5-3-13(4-6-14)15-12-18(15)7-9-20(10-8-18)17(21)16-2-1-11-22-16/h3-6,15-16H,1-2,7-12H2/t15-,16+/m0/s1. The molecule has 1 spiro atoms. The molecule has 4 rings (SSSR count). The Labute approximate surface area is 140 Å². The lowest BCUT2D eigenvalue weighted by molar-refractivity contribution is -0.142. The number of carbonyl (C=O) groups excluding carboxylic acids is 1. The Morgan fingerprint density at radius 1 is 1.23 bits per heavy atom. The third kappa shape index (κ3) is 2.61. The summed E-state index contributed by atoms with van der Waals surface area (Å²) in [4.78, 5) is 14.5. The van der Waals surface area contributed by atoms with Crippen molar-refractivity contribution in [2.75, 3.05) is 19.7 Å². The van der Waals surface area contributed by atoms with Crippen LogP contribution in [-0.4, -0.2) is 36.6 Å². The fourth-order valence-corrected chi connectivity index (χ4v) is 4.48. The maximum atomic E-state index is 12.4. The molecule has 0 N–H and O–H groups in total. The number of hydrogen-bond acceptors (Lipinski definition) is 2. The largest absolute Gasteiger partial charge is 0.368 e. The fourth-order valence-electron chi connectivity index (χ4n) is 4.22. The summed E-state index contributed by atoms with van der Waals surface area (Å²) in [5, 5.41) is 0. The van der Waals surface area contributed by atoms with Crippen molar-refractivity contribution in [2.24, 2.45) is 5.41 Å². The van der Waals surface area contributed by atoms with Crippen molar-refractivity contribution in [3.8, 4) is 0 Å². The third-order valence-corrected chi connectivity index (χ3v) is 6.27. The van der Waals surface area contributed by atoms with Crippen molar-refractivity contribution in [1.82, 2.24) is 4.90 Å². The van der Waals surface area contributed by atoms with Crippen LogP contribution in [0.2, 0.25) is 0 Å². The molecule has 0 aromatic heterocycles. The first kappa shape index (κ1) is 14.7. The molecule has 2 atom stereocenters. The van der Waals surface area contributed by atoms with Gasteiger partial charge in [0.25, 0.3) is 5.91 Å². The van der Waals surface area contributed by atoms with Crippen LogP contribution in [0.25, 0.3) is 0 Å². The predicted octanol–water partition coefficient (Wildman–Crippen LogP) is 3.72. The van der Waals surface area contributed by atoms with E-state index in [4.69, 9.17) is 4.74 Å². The molecule has 3 fully saturated rings. The van der Waals surface area contributed by atoms with Gasteiger partial charge in [0.2, 0.25) is 0 Å². The van der Waals surface area contributed by atoms with Crippen LogP contribution in [0.15, 0.2) is 28.7 Å². The number of halogens is 1. The van der Waals surface area contributed by atoms with Gasteiger partial charge in [-0.3, -0.25) is 4.79 Å². The average Bonchev–Trinajstić information content (AvgIpc) is 2.99. The number of amides is 1. The minimum atomic E-state index is -0.157. The summed E-state index contributed by atoms with van der Waals surface area (Å²) >= 11 is 3.50. The van der Waals surface area contributed by atoms with Crippen LogP contribution in [0, 0.1) is 5.41 Å². The van der Waals surface area contributed by atoms with Gasteiger partial charge in [-0.25, -0.2) is 0 Å². The van der Waals surface area contributed by atoms with E-state index in [1.807, 2.05) is 4.90 Å². The Morgan fingerprint density at radius 3 is 2.59 bits per heavy atom. The van der Waals surface area contributed by atoms with Gasteiger partial charge in [-0.2, -0.15) is 0 Å². The van der Waals surface area contributed by atoms with E-state index in [0.717, 1.165) is 49.9 Å². The summed E-state index contributed by atoms with van der Waals surface area (Å²) in [7, 11) is 0. The highest BCUT2D eigenvalue weighted by Gasteiger charge is 2.55. The van der Waals surface area contributed by atoms with Gasteiger partial charge >= 0.3 is 0 Å². The van der Waals surface area contributed by atoms with E-state index in [1.165, 1.54) is 12.0 Å². The van der Waals surface area contributed by atoms with E-state index >= 15 is 0 Å². The van der Waals surface area contributed by atoms with E-state index < -0.39 is 0 Å². The lowest BCUT2D eigenvalue weighted by Gasteiger charge is -2.34. The van der Waals surface area contributed by atoms with E-state index in [1.54, 1.807) is 0 Å². The number of hydrogen-bond donors (Lipinski definition) is 0. The van der Waals surface area contributed by atoms with Crippen LogP contribution in [-0.2, 0) is 9.53 Å². The third-order valence-electron chi connectivity index (χ3n) is 5.74. The highest BCUT2D eigenvalue weighted by molar-refractivity contribution is 9.10. The Bertz CT molecular complexity index is 557. The molecule has 2 aliphatic heterocycles. The molecule has 0 radical (unpaired) electrons. The second-order valence-corrected chi connectivity index (χ2v) is 7.91. The van der Waals surface area contributed by atoms with Gasteiger partial charge in [-0.15, -0.1) is 0 Å². The molecular weight excluding hydrogens is 342 g/mol. The number of benzene rings is 1. The Hall–Kier alpha value is -0.870. The molecule has 1 aromatic rings. The van der Waals surface area contributed by atoms with E-state index in [-0.39, 0.29) is 12.0 Å². The second kappa shape index (κ2) is 5.64. The fraction of sp³-hybridized carbons (Fsp3) is 0.611.